The Morgan fingerprint density at radius 3 is 2.71 bits per heavy atom. The molecule has 96 valence electrons. The van der Waals surface area contributed by atoms with Crippen LogP contribution in [-0.4, -0.2) is 24.0 Å². The number of thiophene rings is 1. The summed E-state index contributed by atoms with van der Waals surface area (Å²) in [5.74, 6) is 0. The Morgan fingerprint density at radius 2 is 2.06 bits per heavy atom. The average molecular weight is 252 g/mol. The number of hydrogen-bond acceptors (Lipinski definition) is 3. The van der Waals surface area contributed by atoms with E-state index in [0.29, 0.717) is 0 Å². The zero-order chi connectivity index (χ0) is 12.1. The van der Waals surface area contributed by atoms with Crippen LogP contribution in [0.1, 0.15) is 42.9 Å². The summed E-state index contributed by atoms with van der Waals surface area (Å²) in [5.41, 5.74) is 0. The predicted molar refractivity (Wildman–Crippen MR) is 75.4 cm³/mol. The van der Waals surface area contributed by atoms with Gasteiger partial charge < -0.3 is 5.32 Å². The highest BCUT2D eigenvalue weighted by Gasteiger charge is 2.27. The molecule has 2 rings (SSSR count). The third kappa shape index (κ3) is 4.09. The van der Waals surface area contributed by atoms with E-state index in [9.17, 15) is 0 Å². The predicted octanol–water partition coefficient (Wildman–Crippen LogP) is 3.23. The van der Waals surface area contributed by atoms with E-state index in [1.54, 1.807) is 0 Å². The zero-order valence-electron chi connectivity index (χ0n) is 11.0. The Morgan fingerprint density at radius 1 is 1.29 bits per heavy atom. The number of nitrogens with one attached hydrogen (secondary N) is 1. The van der Waals surface area contributed by atoms with Crippen molar-refractivity contribution >= 4 is 11.3 Å². The van der Waals surface area contributed by atoms with Gasteiger partial charge in [-0.1, -0.05) is 13.8 Å². The van der Waals surface area contributed by atoms with Gasteiger partial charge in [-0.25, -0.2) is 0 Å². The molecule has 1 aromatic heterocycles. The second-order valence-corrected chi connectivity index (χ2v) is 6.09. The molecule has 0 aromatic carbocycles. The quantitative estimate of drug-likeness (QED) is 0.715. The molecule has 0 saturated heterocycles. The molecule has 0 atom stereocenters. The maximum Gasteiger partial charge on any atom is 0.0330 e. The maximum atomic E-state index is 3.46. The van der Waals surface area contributed by atoms with Gasteiger partial charge in [0.2, 0.25) is 0 Å². The highest BCUT2D eigenvalue weighted by molar-refractivity contribution is 7.11. The van der Waals surface area contributed by atoms with E-state index in [1.807, 2.05) is 11.3 Å². The summed E-state index contributed by atoms with van der Waals surface area (Å²) < 4.78 is 0. The standard InChI is InChI=1S/C14H24N2S/c1-3-9-15-10-13-7-8-14(17-13)11-16(4-2)12-5-6-12/h7-8,12,15H,3-6,9-11H2,1-2H3. The summed E-state index contributed by atoms with van der Waals surface area (Å²) in [7, 11) is 0. The van der Waals surface area contributed by atoms with Gasteiger partial charge >= 0.3 is 0 Å². The Kier molecular flexibility index (Phi) is 5.01. The van der Waals surface area contributed by atoms with Crippen LogP contribution in [0.4, 0.5) is 0 Å². The normalized spacial score (nSPS) is 15.7. The van der Waals surface area contributed by atoms with Crippen molar-refractivity contribution in [1.82, 2.24) is 10.2 Å². The maximum absolute atomic E-state index is 3.46. The minimum absolute atomic E-state index is 0.878. The molecule has 1 N–H and O–H groups in total. The van der Waals surface area contributed by atoms with Gasteiger partial charge in [-0.05, 0) is 44.5 Å². The third-order valence-corrected chi connectivity index (χ3v) is 4.34. The molecular weight excluding hydrogens is 228 g/mol. The largest absolute Gasteiger partial charge is 0.312 e. The molecule has 1 aliphatic carbocycles. The fourth-order valence-corrected chi connectivity index (χ4v) is 3.14. The molecule has 1 heterocycles. The van der Waals surface area contributed by atoms with E-state index in [-0.39, 0.29) is 0 Å². The van der Waals surface area contributed by atoms with Crippen LogP contribution in [0.3, 0.4) is 0 Å². The lowest BCUT2D eigenvalue weighted by Gasteiger charge is -2.18. The smallest absolute Gasteiger partial charge is 0.0330 e. The fourth-order valence-electron chi connectivity index (χ4n) is 2.13. The Labute approximate surface area is 109 Å². The summed E-state index contributed by atoms with van der Waals surface area (Å²) in [6.45, 7) is 8.98. The van der Waals surface area contributed by atoms with Crippen molar-refractivity contribution < 1.29 is 0 Å². The van der Waals surface area contributed by atoms with Crippen molar-refractivity contribution in [3.05, 3.63) is 21.9 Å². The van der Waals surface area contributed by atoms with Crippen LogP contribution < -0.4 is 5.32 Å². The second kappa shape index (κ2) is 6.53. The van der Waals surface area contributed by atoms with Crippen LogP contribution in [0.25, 0.3) is 0 Å². The molecule has 0 unspecified atom stereocenters. The first-order valence-corrected chi connectivity index (χ1v) is 7.67. The number of rotatable bonds is 8. The third-order valence-electron chi connectivity index (χ3n) is 3.27. The van der Waals surface area contributed by atoms with E-state index in [1.165, 1.54) is 35.6 Å². The first kappa shape index (κ1) is 13.1. The van der Waals surface area contributed by atoms with Gasteiger partial charge in [-0.15, -0.1) is 11.3 Å². The van der Waals surface area contributed by atoms with Gasteiger partial charge in [0, 0.05) is 28.9 Å². The van der Waals surface area contributed by atoms with Gasteiger partial charge in [0.1, 0.15) is 0 Å². The number of hydrogen-bond donors (Lipinski definition) is 1. The van der Waals surface area contributed by atoms with Gasteiger partial charge in [0.05, 0.1) is 0 Å². The van der Waals surface area contributed by atoms with Crippen molar-refractivity contribution in [1.29, 1.82) is 0 Å². The van der Waals surface area contributed by atoms with Crippen molar-refractivity contribution in [3.63, 3.8) is 0 Å². The number of nitrogens with zero attached hydrogens (tertiary/aromatic N) is 1. The topological polar surface area (TPSA) is 15.3 Å². The van der Waals surface area contributed by atoms with E-state index in [4.69, 9.17) is 0 Å². The lowest BCUT2D eigenvalue weighted by atomic mass is 10.3. The Bertz CT molecular complexity index is 331. The summed E-state index contributed by atoms with van der Waals surface area (Å²) >= 11 is 1.97. The second-order valence-electron chi connectivity index (χ2n) is 4.84. The highest BCUT2D eigenvalue weighted by Crippen LogP contribution is 2.29. The van der Waals surface area contributed by atoms with Gasteiger partial charge in [0.25, 0.3) is 0 Å². The van der Waals surface area contributed by atoms with E-state index in [0.717, 1.165) is 25.7 Å². The highest BCUT2D eigenvalue weighted by atomic mass is 32.1. The van der Waals surface area contributed by atoms with Crippen molar-refractivity contribution in [2.75, 3.05) is 13.1 Å². The van der Waals surface area contributed by atoms with Crippen LogP contribution in [0, 0.1) is 0 Å². The lowest BCUT2D eigenvalue weighted by molar-refractivity contribution is 0.272. The summed E-state index contributed by atoms with van der Waals surface area (Å²) in [6, 6.07) is 5.46. The Hall–Kier alpha value is -0.380. The van der Waals surface area contributed by atoms with Crippen molar-refractivity contribution in [2.24, 2.45) is 0 Å². The van der Waals surface area contributed by atoms with E-state index >= 15 is 0 Å². The molecule has 0 bridgehead atoms. The first-order valence-electron chi connectivity index (χ1n) is 6.85. The van der Waals surface area contributed by atoms with Crippen molar-refractivity contribution in [2.45, 2.75) is 52.2 Å². The lowest BCUT2D eigenvalue weighted by Crippen LogP contribution is -2.24. The molecule has 0 amide bonds. The summed E-state index contributed by atoms with van der Waals surface area (Å²) in [5, 5.41) is 3.46. The molecule has 1 aliphatic rings. The average Bonchev–Trinajstić information content (AvgIpc) is 3.08. The molecule has 1 fully saturated rings. The van der Waals surface area contributed by atoms with Crippen molar-refractivity contribution in [3.8, 4) is 0 Å². The van der Waals surface area contributed by atoms with Crippen LogP contribution in [-0.2, 0) is 13.1 Å². The molecule has 0 radical (unpaired) electrons. The fraction of sp³-hybridized carbons (Fsp3) is 0.714. The SMILES string of the molecule is CCCNCc1ccc(CN(CC)C2CC2)s1. The molecule has 2 nitrogen and oxygen atoms in total. The molecule has 0 aliphatic heterocycles. The minimum Gasteiger partial charge on any atom is -0.312 e. The monoisotopic (exact) mass is 252 g/mol. The summed E-state index contributed by atoms with van der Waals surface area (Å²) in [6.07, 6.45) is 4.03. The van der Waals surface area contributed by atoms with E-state index in [2.05, 4.69) is 36.2 Å². The zero-order valence-corrected chi connectivity index (χ0v) is 11.9. The van der Waals surface area contributed by atoms with Crippen LogP contribution in [0.2, 0.25) is 0 Å². The molecule has 1 aromatic rings. The van der Waals surface area contributed by atoms with Gasteiger partial charge in [-0.2, -0.15) is 0 Å². The van der Waals surface area contributed by atoms with Gasteiger partial charge in [0.15, 0.2) is 0 Å². The molecular formula is C14H24N2S. The molecule has 0 spiro atoms. The first-order chi connectivity index (χ1) is 8.33. The molecule has 1 saturated carbocycles. The van der Waals surface area contributed by atoms with E-state index < -0.39 is 0 Å². The minimum atomic E-state index is 0.878. The molecule has 3 heteroatoms. The van der Waals surface area contributed by atoms with Crippen LogP contribution in [0.15, 0.2) is 12.1 Å². The molecule has 17 heavy (non-hydrogen) atoms. The van der Waals surface area contributed by atoms with Gasteiger partial charge in [-0.3, -0.25) is 4.90 Å². The Balaban J connectivity index is 1.80. The van der Waals surface area contributed by atoms with Crippen LogP contribution in [0.5, 0.6) is 0 Å². The summed E-state index contributed by atoms with van der Waals surface area (Å²) in [4.78, 5) is 5.60. The van der Waals surface area contributed by atoms with Crippen LogP contribution >= 0.6 is 11.3 Å².